The van der Waals surface area contributed by atoms with Gasteiger partial charge in [-0.1, -0.05) is 6.07 Å². The molecule has 2 fully saturated rings. The highest BCUT2D eigenvalue weighted by molar-refractivity contribution is 5.79. The van der Waals surface area contributed by atoms with Crippen LogP contribution in [0.2, 0.25) is 0 Å². The second-order valence-corrected chi connectivity index (χ2v) is 8.82. The molecule has 0 radical (unpaired) electrons. The highest BCUT2D eigenvalue weighted by Crippen LogP contribution is 2.24. The Kier molecular flexibility index (Phi) is 5.93. The van der Waals surface area contributed by atoms with Crippen LogP contribution in [0.5, 0.6) is 0 Å². The smallest absolute Gasteiger partial charge is 0.227 e. The first-order valence-corrected chi connectivity index (χ1v) is 11.6. The predicted molar refractivity (Wildman–Crippen MR) is 127 cm³/mol. The third-order valence-corrected chi connectivity index (χ3v) is 6.55. The lowest BCUT2D eigenvalue weighted by atomic mass is 9.95. The Morgan fingerprint density at radius 1 is 0.879 bits per heavy atom. The molecule has 0 saturated carbocycles. The zero-order chi connectivity index (χ0) is 22.8. The fraction of sp³-hybridized carbons (Fsp3) is 0.458. The van der Waals surface area contributed by atoms with Crippen LogP contribution < -0.4 is 9.80 Å². The van der Waals surface area contributed by atoms with Crippen LogP contribution in [0.1, 0.15) is 24.2 Å². The Bertz CT molecular complexity index is 1100. The summed E-state index contributed by atoms with van der Waals surface area (Å²) in [5, 5.41) is 4.53. The van der Waals surface area contributed by atoms with Gasteiger partial charge in [-0.3, -0.25) is 4.79 Å². The minimum absolute atomic E-state index is 0.0712. The van der Waals surface area contributed by atoms with Gasteiger partial charge in [-0.15, -0.1) is 0 Å². The van der Waals surface area contributed by atoms with Gasteiger partial charge in [0.05, 0.1) is 5.69 Å². The van der Waals surface area contributed by atoms with Crippen molar-refractivity contribution in [1.82, 2.24) is 29.6 Å². The van der Waals surface area contributed by atoms with Crippen molar-refractivity contribution < 1.29 is 4.79 Å². The molecule has 3 aromatic heterocycles. The van der Waals surface area contributed by atoms with Crippen LogP contribution in [0.25, 0.3) is 5.82 Å². The first-order chi connectivity index (χ1) is 16.1. The number of amides is 1. The number of aryl methyl sites for hydroxylation is 2. The van der Waals surface area contributed by atoms with E-state index in [1.165, 1.54) is 0 Å². The molecular weight excluding hydrogens is 416 g/mol. The molecule has 0 unspecified atom stereocenters. The molecule has 5 rings (SSSR count). The molecule has 0 spiro atoms. The summed E-state index contributed by atoms with van der Waals surface area (Å²) in [4.78, 5) is 33.3. The summed E-state index contributed by atoms with van der Waals surface area (Å²) in [6.45, 7) is 8.73. The Balaban J connectivity index is 1.17. The highest BCUT2D eigenvalue weighted by Gasteiger charge is 2.31. The lowest BCUT2D eigenvalue weighted by molar-refractivity contribution is -0.136. The van der Waals surface area contributed by atoms with E-state index in [2.05, 4.69) is 24.9 Å². The van der Waals surface area contributed by atoms with E-state index in [4.69, 9.17) is 4.98 Å². The van der Waals surface area contributed by atoms with Gasteiger partial charge >= 0.3 is 0 Å². The van der Waals surface area contributed by atoms with Gasteiger partial charge in [-0.2, -0.15) is 10.1 Å². The van der Waals surface area contributed by atoms with Crippen molar-refractivity contribution in [2.75, 3.05) is 49.1 Å². The number of anilines is 2. The van der Waals surface area contributed by atoms with Crippen LogP contribution >= 0.6 is 0 Å². The summed E-state index contributed by atoms with van der Waals surface area (Å²) in [6, 6.07) is 9.87. The molecule has 2 saturated heterocycles. The van der Waals surface area contributed by atoms with Crippen LogP contribution in [0, 0.1) is 19.8 Å². The molecule has 3 aromatic rings. The number of pyridine rings is 1. The maximum atomic E-state index is 13.1. The Morgan fingerprint density at radius 2 is 1.67 bits per heavy atom. The number of rotatable bonds is 4. The summed E-state index contributed by atoms with van der Waals surface area (Å²) < 4.78 is 1.85. The summed E-state index contributed by atoms with van der Waals surface area (Å²) >= 11 is 0. The summed E-state index contributed by atoms with van der Waals surface area (Å²) in [5.74, 6) is 2.82. The highest BCUT2D eigenvalue weighted by atomic mass is 16.2. The fourth-order valence-corrected chi connectivity index (χ4v) is 4.75. The lowest BCUT2D eigenvalue weighted by Gasteiger charge is -2.39. The van der Waals surface area contributed by atoms with Gasteiger partial charge in [0.2, 0.25) is 11.9 Å². The van der Waals surface area contributed by atoms with Crippen LogP contribution in [-0.2, 0) is 4.79 Å². The van der Waals surface area contributed by atoms with Gasteiger partial charge in [0.15, 0.2) is 5.82 Å². The van der Waals surface area contributed by atoms with Crippen LogP contribution in [0.15, 0.2) is 42.7 Å². The molecule has 0 atom stereocenters. The van der Waals surface area contributed by atoms with Crippen LogP contribution in [0.4, 0.5) is 11.8 Å². The normalized spacial score (nSPS) is 17.5. The number of hydrogen-bond donors (Lipinski definition) is 0. The van der Waals surface area contributed by atoms with Crippen molar-refractivity contribution in [2.24, 2.45) is 5.92 Å². The number of carbonyl (C=O) groups excluding carboxylic acids is 1. The second kappa shape index (κ2) is 9.17. The summed E-state index contributed by atoms with van der Waals surface area (Å²) in [6.07, 6.45) is 5.25. The SMILES string of the molecule is Cc1cc(C)n(-c2ccnc(N3CCC(C(=O)N4CCN(c5ccccn5)CC4)CC3)n2)n1. The number of nitrogens with zero attached hydrogens (tertiary/aromatic N) is 8. The molecule has 0 N–H and O–H groups in total. The molecule has 0 bridgehead atoms. The van der Waals surface area contributed by atoms with Crippen molar-refractivity contribution in [3.63, 3.8) is 0 Å². The zero-order valence-electron chi connectivity index (χ0n) is 19.3. The molecule has 1 amide bonds. The number of hydrogen-bond acceptors (Lipinski definition) is 7. The Hall–Kier alpha value is -3.49. The molecule has 2 aliphatic heterocycles. The third-order valence-electron chi connectivity index (χ3n) is 6.55. The van der Waals surface area contributed by atoms with Crippen molar-refractivity contribution in [1.29, 1.82) is 0 Å². The van der Waals surface area contributed by atoms with Crippen molar-refractivity contribution in [3.05, 3.63) is 54.1 Å². The number of carbonyl (C=O) groups is 1. The van der Waals surface area contributed by atoms with Crippen molar-refractivity contribution in [2.45, 2.75) is 26.7 Å². The van der Waals surface area contributed by atoms with Gasteiger partial charge in [0, 0.05) is 69.3 Å². The van der Waals surface area contributed by atoms with Crippen molar-refractivity contribution >= 4 is 17.7 Å². The van der Waals surface area contributed by atoms with Gasteiger partial charge in [0.25, 0.3) is 0 Å². The quantitative estimate of drug-likeness (QED) is 0.608. The van der Waals surface area contributed by atoms with Crippen LogP contribution in [0.3, 0.4) is 0 Å². The maximum absolute atomic E-state index is 13.1. The minimum atomic E-state index is 0.0712. The van der Waals surface area contributed by atoms with E-state index in [9.17, 15) is 4.79 Å². The average Bonchev–Trinajstić information content (AvgIpc) is 3.22. The fourth-order valence-electron chi connectivity index (χ4n) is 4.75. The van der Waals surface area contributed by atoms with E-state index in [1.807, 2.05) is 60.0 Å². The molecule has 9 nitrogen and oxygen atoms in total. The maximum Gasteiger partial charge on any atom is 0.227 e. The molecule has 5 heterocycles. The van der Waals surface area contributed by atoms with Crippen LogP contribution in [-0.4, -0.2) is 74.8 Å². The second-order valence-electron chi connectivity index (χ2n) is 8.82. The lowest BCUT2D eigenvalue weighted by Crippen LogP contribution is -2.52. The molecule has 33 heavy (non-hydrogen) atoms. The van der Waals surface area contributed by atoms with Gasteiger partial charge in [-0.25, -0.2) is 14.6 Å². The largest absolute Gasteiger partial charge is 0.353 e. The average molecular weight is 447 g/mol. The van der Waals surface area contributed by atoms with E-state index < -0.39 is 0 Å². The van der Waals surface area contributed by atoms with Gasteiger partial charge in [-0.05, 0) is 44.9 Å². The molecular formula is C24H30N8O. The van der Waals surface area contributed by atoms with Crippen molar-refractivity contribution in [3.8, 4) is 5.82 Å². The first-order valence-electron chi connectivity index (χ1n) is 11.6. The molecule has 0 aromatic carbocycles. The first kappa shape index (κ1) is 21.4. The predicted octanol–water partition coefficient (Wildman–Crippen LogP) is 2.24. The topological polar surface area (TPSA) is 83.3 Å². The summed E-state index contributed by atoms with van der Waals surface area (Å²) in [7, 11) is 0. The molecule has 2 aliphatic rings. The third kappa shape index (κ3) is 4.53. The monoisotopic (exact) mass is 446 g/mol. The molecule has 172 valence electrons. The molecule has 9 heteroatoms. The van der Waals surface area contributed by atoms with E-state index in [1.54, 1.807) is 6.20 Å². The van der Waals surface area contributed by atoms with Gasteiger partial charge < -0.3 is 14.7 Å². The summed E-state index contributed by atoms with van der Waals surface area (Å²) in [5.41, 5.74) is 2.01. The zero-order valence-corrected chi connectivity index (χ0v) is 19.3. The Labute approximate surface area is 194 Å². The standard InChI is InChI=1S/C24H30N8O/c1-18-17-19(2)32(28-18)22-6-10-26-24(27-22)31-11-7-20(8-12-31)23(33)30-15-13-29(14-16-30)21-5-3-4-9-25-21/h3-6,9-10,17,20H,7-8,11-16H2,1-2H3. The molecule has 0 aliphatic carbocycles. The Morgan fingerprint density at radius 3 is 2.33 bits per heavy atom. The van der Waals surface area contributed by atoms with E-state index >= 15 is 0 Å². The number of piperidine rings is 1. The number of aromatic nitrogens is 5. The minimum Gasteiger partial charge on any atom is -0.353 e. The van der Waals surface area contributed by atoms with Gasteiger partial charge in [0.1, 0.15) is 5.82 Å². The van der Waals surface area contributed by atoms with E-state index in [0.717, 1.165) is 75.1 Å². The van der Waals surface area contributed by atoms with E-state index in [0.29, 0.717) is 5.95 Å². The number of piperazine rings is 1. The van der Waals surface area contributed by atoms with E-state index in [-0.39, 0.29) is 11.8 Å².